The molecule has 4 heteroatoms. The molecule has 0 amide bonds. The topological polar surface area (TPSA) is 38.3 Å². The van der Waals surface area contributed by atoms with Crippen molar-refractivity contribution in [2.45, 2.75) is 37.8 Å². The highest BCUT2D eigenvalue weighted by Crippen LogP contribution is 2.34. The summed E-state index contributed by atoms with van der Waals surface area (Å²) in [5.41, 5.74) is 0.437. The Morgan fingerprint density at radius 3 is 2.95 bits per heavy atom. The number of ketones is 1. The van der Waals surface area contributed by atoms with Gasteiger partial charge in [-0.2, -0.15) is 0 Å². The Hall–Kier alpha value is -1.42. The van der Waals surface area contributed by atoms with Gasteiger partial charge in [0.05, 0.1) is 7.11 Å². The van der Waals surface area contributed by atoms with Crippen LogP contribution in [0.15, 0.2) is 18.2 Å². The van der Waals surface area contributed by atoms with E-state index in [0.29, 0.717) is 17.6 Å². The number of nitrogens with one attached hydrogen (secondary N) is 1. The SMILES string of the molecule is COc1cccc(CC(=O)C2CC3CCC2N3)c1F. The number of ether oxygens (including phenoxy) is 1. The van der Waals surface area contributed by atoms with Gasteiger partial charge >= 0.3 is 0 Å². The number of methoxy groups -OCH3 is 1. The normalized spacial score (nSPS) is 28.6. The van der Waals surface area contributed by atoms with Gasteiger partial charge in [0.25, 0.3) is 0 Å². The van der Waals surface area contributed by atoms with Crippen molar-refractivity contribution in [3.63, 3.8) is 0 Å². The van der Waals surface area contributed by atoms with E-state index in [-0.39, 0.29) is 23.9 Å². The van der Waals surface area contributed by atoms with Crippen LogP contribution in [-0.4, -0.2) is 25.0 Å². The van der Waals surface area contributed by atoms with Crippen molar-refractivity contribution in [3.05, 3.63) is 29.6 Å². The lowest BCUT2D eigenvalue weighted by molar-refractivity contribution is -0.122. The first-order valence-corrected chi connectivity index (χ1v) is 6.79. The van der Waals surface area contributed by atoms with Gasteiger partial charge in [0.15, 0.2) is 11.6 Å². The Labute approximate surface area is 112 Å². The highest BCUT2D eigenvalue weighted by Gasteiger charge is 2.42. The number of carbonyl (C=O) groups is 1. The van der Waals surface area contributed by atoms with Crippen molar-refractivity contribution in [1.29, 1.82) is 0 Å². The van der Waals surface area contributed by atoms with Crippen molar-refractivity contribution >= 4 is 5.78 Å². The molecule has 3 rings (SSSR count). The van der Waals surface area contributed by atoms with Gasteiger partial charge in [-0.05, 0) is 30.9 Å². The molecule has 19 heavy (non-hydrogen) atoms. The average Bonchev–Trinajstić information content (AvgIpc) is 3.03. The van der Waals surface area contributed by atoms with Crippen LogP contribution < -0.4 is 10.1 Å². The van der Waals surface area contributed by atoms with E-state index in [1.54, 1.807) is 18.2 Å². The van der Waals surface area contributed by atoms with Crippen LogP contribution in [0.25, 0.3) is 0 Å². The minimum absolute atomic E-state index is 0.0596. The van der Waals surface area contributed by atoms with E-state index in [9.17, 15) is 9.18 Å². The summed E-state index contributed by atoms with van der Waals surface area (Å²) >= 11 is 0. The molecule has 0 radical (unpaired) electrons. The average molecular weight is 263 g/mol. The third kappa shape index (κ3) is 2.25. The fourth-order valence-corrected chi connectivity index (χ4v) is 3.35. The number of rotatable bonds is 4. The van der Waals surface area contributed by atoms with E-state index in [4.69, 9.17) is 4.74 Å². The van der Waals surface area contributed by atoms with Crippen molar-refractivity contribution in [3.8, 4) is 5.75 Å². The quantitative estimate of drug-likeness (QED) is 0.904. The first-order valence-electron chi connectivity index (χ1n) is 6.79. The summed E-state index contributed by atoms with van der Waals surface area (Å²) < 4.78 is 19.0. The molecule has 2 aliphatic heterocycles. The van der Waals surface area contributed by atoms with Gasteiger partial charge in [-0.3, -0.25) is 4.79 Å². The minimum atomic E-state index is -0.408. The third-order valence-corrected chi connectivity index (χ3v) is 4.34. The van der Waals surface area contributed by atoms with Gasteiger partial charge in [0.1, 0.15) is 5.78 Å². The molecule has 0 saturated carbocycles. The molecule has 0 spiro atoms. The van der Waals surface area contributed by atoms with Gasteiger partial charge in [-0.15, -0.1) is 0 Å². The second-order valence-electron chi connectivity index (χ2n) is 5.47. The van der Waals surface area contributed by atoms with Gasteiger partial charge in [-0.25, -0.2) is 4.39 Å². The summed E-state index contributed by atoms with van der Waals surface area (Å²) in [6.45, 7) is 0. The van der Waals surface area contributed by atoms with Crippen molar-refractivity contribution in [2.24, 2.45) is 5.92 Å². The maximum absolute atomic E-state index is 14.0. The Morgan fingerprint density at radius 1 is 1.47 bits per heavy atom. The Balaban J connectivity index is 1.73. The second kappa shape index (κ2) is 4.93. The van der Waals surface area contributed by atoms with Crippen molar-refractivity contribution < 1.29 is 13.9 Å². The van der Waals surface area contributed by atoms with Crippen LogP contribution in [0.3, 0.4) is 0 Å². The molecule has 2 bridgehead atoms. The predicted octanol–water partition coefficient (Wildman–Crippen LogP) is 2.09. The molecule has 102 valence electrons. The molecule has 2 saturated heterocycles. The minimum Gasteiger partial charge on any atom is -0.494 e. The van der Waals surface area contributed by atoms with Crippen LogP contribution >= 0.6 is 0 Å². The van der Waals surface area contributed by atoms with Gasteiger partial charge < -0.3 is 10.1 Å². The third-order valence-electron chi connectivity index (χ3n) is 4.34. The van der Waals surface area contributed by atoms with Crippen LogP contribution in [0, 0.1) is 11.7 Å². The second-order valence-corrected chi connectivity index (χ2v) is 5.47. The fraction of sp³-hybridized carbons (Fsp3) is 0.533. The van der Waals surface area contributed by atoms with E-state index >= 15 is 0 Å². The molecule has 3 atom stereocenters. The van der Waals surface area contributed by atoms with E-state index < -0.39 is 5.82 Å². The van der Waals surface area contributed by atoms with Gasteiger partial charge in [0, 0.05) is 24.4 Å². The van der Waals surface area contributed by atoms with E-state index in [2.05, 4.69) is 5.32 Å². The zero-order valence-corrected chi connectivity index (χ0v) is 11.0. The molecule has 0 aromatic heterocycles. The number of hydrogen-bond donors (Lipinski definition) is 1. The van der Waals surface area contributed by atoms with Crippen LogP contribution in [0.4, 0.5) is 4.39 Å². The smallest absolute Gasteiger partial charge is 0.168 e. The molecule has 2 heterocycles. The van der Waals surface area contributed by atoms with Crippen LogP contribution in [0.5, 0.6) is 5.75 Å². The maximum atomic E-state index is 14.0. The first-order chi connectivity index (χ1) is 9.19. The highest BCUT2D eigenvalue weighted by molar-refractivity contribution is 5.84. The number of benzene rings is 1. The highest BCUT2D eigenvalue weighted by atomic mass is 19.1. The van der Waals surface area contributed by atoms with Gasteiger partial charge in [-0.1, -0.05) is 12.1 Å². The van der Waals surface area contributed by atoms with E-state index in [1.165, 1.54) is 13.5 Å². The molecule has 3 nitrogen and oxygen atoms in total. The maximum Gasteiger partial charge on any atom is 0.168 e. The van der Waals surface area contributed by atoms with Crippen LogP contribution in [-0.2, 0) is 11.2 Å². The largest absolute Gasteiger partial charge is 0.494 e. The number of fused-ring (bicyclic) bond motifs is 2. The zero-order valence-electron chi connectivity index (χ0n) is 11.0. The number of Topliss-reactive ketones (excluding diaryl/α,β-unsaturated/α-hetero) is 1. The molecule has 3 unspecified atom stereocenters. The molecular formula is C15H18FNO2. The molecule has 1 aromatic carbocycles. The van der Waals surface area contributed by atoms with Crippen LogP contribution in [0.1, 0.15) is 24.8 Å². The lowest BCUT2D eigenvalue weighted by atomic mass is 9.84. The molecule has 2 fully saturated rings. The summed E-state index contributed by atoms with van der Waals surface area (Å²) in [5.74, 6) is 0.00189. The Bertz CT molecular complexity index is 503. The number of carbonyl (C=O) groups excluding carboxylic acids is 1. The lowest BCUT2D eigenvalue weighted by Gasteiger charge is -2.19. The van der Waals surface area contributed by atoms with Crippen molar-refractivity contribution in [1.82, 2.24) is 5.32 Å². The Morgan fingerprint density at radius 2 is 2.32 bits per heavy atom. The molecule has 1 aromatic rings. The standard InChI is InChI=1S/C15H18FNO2/c1-19-14-4-2-3-9(15(14)16)7-13(18)11-8-10-5-6-12(11)17-10/h2-4,10-12,17H,5-8H2,1H3. The molecule has 2 aliphatic rings. The fourth-order valence-electron chi connectivity index (χ4n) is 3.35. The summed E-state index contributed by atoms with van der Waals surface area (Å²) in [5, 5.41) is 3.44. The molecule has 0 aliphatic carbocycles. The lowest BCUT2D eigenvalue weighted by Crippen LogP contribution is -2.29. The molecular weight excluding hydrogens is 245 g/mol. The summed E-state index contributed by atoms with van der Waals surface area (Å²) in [6, 6.07) is 5.77. The zero-order chi connectivity index (χ0) is 13.4. The predicted molar refractivity (Wildman–Crippen MR) is 69.7 cm³/mol. The van der Waals surface area contributed by atoms with Gasteiger partial charge in [0.2, 0.25) is 0 Å². The summed E-state index contributed by atoms with van der Waals surface area (Å²) in [4.78, 5) is 12.3. The van der Waals surface area contributed by atoms with Crippen molar-refractivity contribution in [2.75, 3.05) is 7.11 Å². The van der Waals surface area contributed by atoms with E-state index in [0.717, 1.165) is 12.8 Å². The summed E-state index contributed by atoms with van der Waals surface area (Å²) in [7, 11) is 1.43. The van der Waals surface area contributed by atoms with Crippen LogP contribution in [0.2, 0.25) is 0 Å². The monoisotopic (exact) mass is 263 g/mol. The number of halogens is 1. The summed E-state index contributed by atoms with van der Waals surface area (Å²) in [6.07, 6.45) is 3.32. The molecule has 1 N–H and O–H groups in total. The first kappa shape index (κ1) is 12.6. The van der Waals surface area contributed by atoms with E-state index in [1.807, 2.05) is 0 Å². The number of hydrogen-bond acceptors (Lipinski definition) is 3. The Kier molecular flexibility index (Phi) is 3.27.